The van der Waals surface area contributed by atoms with Crippen molar-refractivity contribution in [2.24, 2.45) is 0 Å². The molecule has 152 valence electrons. The van der Waals surface area contributed by atoms with E-state index in [1.165, 1.54) is 0 Å². The molecular weight excluding hydrogens is 378 g/mol. The van der Waals surface area contributed by atoms with Gasteiger partial charge in [-0.05, 0) is 50.5 Å². The third kappa shape index (κ3) is 4.20. The number of carbonyl (C=O) groups excluding carboxylic acids is 2. The summed E-state index contributed by atoms with van der Waals surface area (Å²) in [6.07, 6.45) is 7.54. The average molecular weight is 401 g/mol. The van der Waals surface area contributed by atoms with Crippen molar-refractivity contribution >= 4 is 17.5 Å². The fourth-order valence-electron chi connectivity index (χ4n) is 3.69. The van der Waals surface area contributed by atoms with Crippen LogP contribution in [0.5, 0.6) is 0 Å². The van der Waals surface area contributed by atoms with Crippen LogP contribution in [-0.4, -0.2) is 38.2 Å². The number of pyridine rings is 1. The lowest BCUT2D eigenvalue weighted by Crippen LogP contribution is -2.39. The minimum atomic E-state index is -0.251. The van der Waals surface area contributed by atoms with E-state index in [1.807, 2.05) is 35.2 Å². The van der Waals surface area contributed by atoms with E-state index in [0.717, 1.165) is 19.3 Å². The molecule has 7 nitrogen and oxygen atoms in total. The Balaban J connectivity index is 1.56. The highest BCUT2D eigenvalue weighted by Gasteiger charge is 2.31. The second-order valence-electron chi connectivity index (χ2n) is 7.29. The molecule has 0 aliphatic carbocycles. The maximum Gasteiger partial charge on any atom is 0.259 e. The molecule has 7 heteroatoms. The summed E-state index contributed by atoms with van der Waals surface area (Å²) in [5, 5.41) is 2.86. The Morgan fingerprint density at radius 1 is 1.07 bits per heavy atom. The smallest absolute Gasteiger partial charge is 0.259 e. The fraction of sp³-hybridized carbons (Fsp3) is 0.261. The zero-order valence-corrected chi connectivity index (χ0v) is 16.8. The van der Waals surface area contributed by atoms with Crippen LogP contribution >= 0.6 is 0 Å². The van der Waals surface area contributed by atoms with Crippen molar-refractivity contribution in [3.8, 4) is 0 Å². The zero-order valence-electron chi connectivity index (χ0n) is 16.8. The predicted octanol–water partition coefficient (Wildman–Crippen LogP) is 3.80. The molecule has 1 aliphatic rings. The minimum Gasteiger partial charge on any atom is -0.328 e. The summed E-state index contributed by atoms with van der Waals surface area (Å²) in [5.41, 5.74) is 2.33. The number of nitrogens with zero attached hydrogens (tertiary/aromatic N) is 4. The van der Waals surface area contributed by atoms with E-state index in [1.54, 1.807) is 37.6 Å². The molecule has 1 unspecified atom stereocenters. The predicted molar refractivity (Wildman–Crippen MR) is 113 cm³/mol. The van der Waals surface area contributed by atoms with E-state index in [-0.39, 0.29) is 17.9 Å². The van der Waals surface area contributed by atoms with Gasteiger partial charge in [-0.15, -0.1) is 0 Å². The van der Waals surface area contributed by atoms with Crippen LogP contribution < -0.4 is 5.32 Å². The van der Waals surface area contributed by atoms with Crippen molar-refractivity contribution in [2.75, 3.05) is 11.9 Å². The maximum absolute atomic E-state index is 13.0. The van der Waals surface area contributed by atoms with Crippen LogP contribution in [0.1, 0.15) is 57.5 Å². The minimum absolute atomic E-state index is 0.0470. The van der Waals surface area contributed by atoms with Gasteiger partial charge in [-0.2, -0.15) is 0 Å². The van der Waals surface area contributed by atoms with Gasteiger partial charge in [-0.3, -0.25) is 14.6 Å². The number of aromatic nitrogens is 3. The molecule has 1 saturated heterocycles. The number of aryl methyl sites for hydroxylation is 1. The fourth-order valence-corrected chi connectivity index (χ4v) is 3.69. The van der Waals surface area contributed by atoms with Crippen LogP contribution in [-0.2, 0) is 0 Å². The largest absolute Gasteiger partial charge is 0.328 e. The first-order valence-corrected chi connectivity index (χ1v) is 10.0. The van der Waals surface area contributed by atoms with Gasteiger partial charge in [0, 0.05) is 36.4 Å². The van der Waals surface area contributed by atoms with Crippen molar-refractivity contribution < 1.29 is 9.59 Å². The Kier molecular flexibility index (Phi) is 5.79. The second-order valence-corrected chi connectivity index (χ2v) is 7.29. The molecule has 2 amide bonds. The summed E-state index contributed by atoms with van der Waals surface area (Å²) < 4.78 is 0. The highest BCUT2D eigenvalue weighted by atomic mass is 16.2. The summed E-state index contributed by atoms with van der Waals surface area (Å²) in [4.78, 5) is 40.5. The standard InChI is InChI=1S/C23H23N5O2/c1-16-19(22(29)27-18-7-3-2-4-8-18)15-25-21(26-16)20-9-5-6-14-28(20)23(30)17-10-12-24-13-11-17/h2-4,7-8,10-13,15,20H,5-6,9,14H2,1H3,(H,27,29). The number of benzene rings is 1. The Morgan fingerprint density at radius 3 is 2.57 bits per heavy atom. The summed E-state index contributed by atoms with van der Waals surface area (Å²) in [5.74, 6) is 0.277. The maximum atomic E-state index is 13.0. The van der Waals surface area contributed by atoms with Gasteiger partial charge in [-0.25, -0.2) is 9.97 Å². The highest BCUT2D eigenvalue weighted by Crippen LogP contribution is 2.30. The van der Waals surface area contributed by atoms with Crippen molar-refractivity contribution in [3.05, 3.63) is 83.7 Å². The number of anilines is 1. The molecule has 1 N–H and O–H groups in total. The van der Waals surface area contributed by atoms with E-state index in [4.69, 9.17) is 0 Å². The van der Waals surface area contributed by atoms with Crippen LogP contribution in [0, 0.1) is 6.92 Å². The normalized spacial score (nSPS) is 16.2. The molecule has 0 spiro atoms. The molecule has 0 radical (unpaired) electrons. The summed E-state index contributed by atoms with van der Waals surface area (Å²) >= 11 is 0. The van der Waals surface area contributed by atoms with Crippen molar-refractivity contribution in [2.45, 2.75) is 32.2 Å². The summed E-state index contributed by atoms with van der Waals surface area (Å²) in [6.45, 7) is 2.45. The number of nitrogens with one attached hydrogen (secondary N) is 1. The molecule has 1 aromatic carbocycles. The lowest BCUT2D eigenvalue weighted by atomic mass is 10.00. The van der Waals surface area contributed by atoms with Gasteiger partial charge in [0.1, 0.15) is 0 Å². The van der Waals surface area contributed by atoms with Gasteiger partial charge in [0.2, 0.25) is 0 Å². The van der Waals surface area contributed by atoms with Crippen molar-refractivity contribution in [1.82, 2.24) is 19.9 Å². The SMILES string of the molecule is Cc1nc(C2CCCCN2C(=O)c2ccncc2)ncc1C(=O)Nc1ccccc1. The van der Waals surface area contributed by atoms with E-state index >= 15 is 0 Å². The average Bonchev–Trinajstić information content (AvgIpc) is 2.79. The lowest BCUT2D eigenvalue weighted by molar-refractivity contribution is 0.0599. The second kappa shape index (κ2) is 8.82. The van der Waals surface area contributed by atoms with Gasteiger partial charge in [0.25, 0.3) is 11.8 Å². The molecule has 4 rings (SSSR count). The van der Waals surface area contributed by atoms with Gasteiger partial charge < -0.3 is 10.2 Å². The van der Waals surface area contributed by atoms with Crippen LogP contribution in [0.15, 0.2) is 61.1 Å². The Bertz CT molecular complexity index is 1040. The number of piperidine rings is 1. The molecule has 3 heterocycles. The van der Waals surface area contributed by atoms with Crippen LogP contribution in [0.25, 0.3) is 0 Å². The van der Waals surface area contributed by atoms with Crippen molar-refractivity contribution in [3.63, 3.8) is 0 Å². The van der Waals surface area contributed by atoms with E-state index in [0.29, 0.717) is 34.9 Å². The van der Waals surface area contributed by atoms with Crippen LogP contribution in [0.3, 0.4) is 0 Å². The molecule has 3 aromatic rings. The number of para-hydroxylation sites is 1. The molecule has 2 aromatic heterocycles. The number of hydrogen-bond donors (Lipinski definition) is 1. The van der Waals surface area contributed by atoms with Gasteiger partial charge in [0.05, 0.1) is 17.3 Å². The monoisotopic (exact) mass is 401 g/mol. The molecule has 1 atom stereocenters. The van der Waals surface area contributed by atoms with Crippen molar-refractivity contribution in [1.29, 1.82) is 0 Å². The first-order valence-electron chi connectivity index (χ1n) is 10.0. The molecule has 0 saturated carbocycles. The van der Waals surface area contributed by atoms with E-state index < -0.39 is 0 Å². The number of likely N-dealkylation sites (tertiary alicyclic amines) is 1. The first-order chi connectivity index (χ1) is 14.6. The number of hydrogen-bond acceptors (Lipinski definition) is 5. The third-order valence-electron chi connectivity index (χ3n) is 5.26. The Hall–Kier alpha value is -3.61. The first kappa shape index (κ1) is 19.7. The number of amides is 2. The Morgan fingerprint density at radius 2 is 1.83 bits per heavy atom. The quantitative estimate of drug-likeness (QED) is 0.718. The molecular formula is C23H23N5O2. The topological polar surface area (TPSA) is 88.1 Å². The lowest BCUT2D eigenvalue weighted by Gasteiger charge is -2.35. The zero-order chi connectivity index (χ0) is 20.9. The summed E-state index contributed by atoms with van der Waals surface area (Å²) in [7, 11) is 0. The summed E-state index contributed by atoms with van der Waals surface area (Å²) in [6, 6.07) is 12.5. The Labute approximate surface area is 175 Å². The van der Waals surface area contributed by atoms with Crippen LogP contribution in [0.2, 0.25) is 0 Å². The molecule has 1 aliphatic heterocycles. The van der Waals surface area contributed by atoms with E-state index in [9.17, 15) is 9.59 Å². The molecule has 0 bridgehead atoms. The molecule has 30 heavy (non-hydrogen) atoms. The van der Waals surface area contributed by atoms with Gasteiger partial charge in [-0.1, -0.05) is 18.2 Å². The number of carbonyl (C=O) groups is 2. The third-order valence-corrected chi connectivity index (χ3v) is 5.26. The van der Waals surface area contributed by atoms with Gasteiger partial charge >= 0.3 is 0 Å². The highest BCUT2D eigenvalue weighted by molar-refractivity contribution is 6.04. The molecule has 1 fully saturated rings. The van der Waals surface area contributed by atoms with E-state index in [2.05, 4.69) is 20.3 Å². The van der Waals surface area contributed by atoms with Crippen LogP contribution in [0.4, 0.5) is 5.69 Å². The number of rotatable bonds is 4. The van der Waals surface area contributed by atoms with Gasteiger partial charge in [0.15, 0.2) is 5.82 Å².